The number of carbonyl (C=O) groups is 1. The number of aromatic nitrogens is 2. The molecule has 6 heteroatoms. The Hall–Kier alpha value is -4.03. The Morgan fingerprint density at radius 2 is 1.82 bits per heavy atom. The van der Waals surface area contributed by atoms with Crippen LogP contribution in [0.15, 0.2) is 85.1 Å². The van der Waals surface area contributed by atoms with Crippen molar-refractivity contribution in [1.82, 2.24) is 15.3 Å². The number of pyridine rings is 2. The molecule has 3 heterocycles. The maximum atomic E-state index is 13.5. The third-order valence-corrected chi connectivity index (χ3v) is 6.21. The molecule has 0 radical (unpaired) electrons. The molecule has 1 atom stereocenters. The number of piperazine rings is 1. The number of aryl methyl sites for hydroxylation is 1. The Kier molecular flexibility index (Phi) is 6.06. The number of aromatic hydroxyl groups is 1. The summed E-state index contributed by atoms with van der Waals surface area (Å²) in [6.07, 6.45) is 1.68. The molecule has 2 aromatic heterocycles. The van der Waals surface area contributed by atoms with Gasteiger partial charge in [0.25, 0.3) is 0 Å². The van der Waals surface area contributed by atoms with Crippen molar-refractivity contribution in [3.63, 3.8) is 0 Å². The van der Waals surface area contributed by atoms with E-state index in [4.69, 9.17) is 4.98 Å². The van der Waals surface area contributed by atoms with Gasteiger partial charge >= 0.3 is 0 Å². The van der Waals surface area contributed by atoms with E-state index < -0.39 is 0 Å². The fourth-order valence-corrected chi connectivity index (χ4v) is 4.36. The molecular weight excluding hydrogens is 424 g/mol. The minimum absolute atomic E-state index is 0.151. The van der Waals surface area contributed by atoms with Crippen LogP contribution in [-0.2, 0) is 0 Å². The van der Waals surface area contributed by atoms with Crippen molar-refractivity contribution in [3.05, 3.63) is 108 Å². The second-order valence-electron chi connectivity index (χ2n) is 8.45. The van der Waals surface area contributed by atoms with Crippen molar-refractivity contribution in [2.24, 2.45) is 0 Å². The Morgan fingerprint density at radius 1 is 1.03 bits per heavy atom. The number of hydrogen-bond donors (Lipinski definition) is 2. The van der Waals surface area contributed by atoms with Crippen molar-refractivity contribution in [3.8, 4) is 16.9 Å². The molecule has 0 aliphatic carbocycles. The minimum Gasteiger partial charge on any atom is -0.507 e. The number of rotatable bonds is 5. The smallest absolute Gasteiger partial charge is 0.213 e. The molecule has 0 saturated carbocycles. The summed E-state index contributed by atoms with van der Waals surface area (Å²) in [7, 11) is 0. The highest BCUT2D eigenvalue weighted by Gasteiger charge is 2.23. The first-order valence-corrected chi connectivity index (χ1v) is 11.4. The van der Waals surface area contributed by atoms with Crippen molar-refractivity contribution >= 4 is 11.6 Å². The molecule has 0 spiro atoms. The fourth-order valence-electron chi connectivity index (χ4n) is 4.36. The van der Waals surface area contributed by atoms with Gasteiger partial charge in [-0.2, -0.15) is 0 Å². The van der Waals surface area contributed by atoms with Gasteiger partial charge in [-0.25, -0.2) is 4.98 Å². The summed E-state index contributed by atoms with van der Waals surface area (Å²) in [4.78, 5) is 24.8. The van der Waals surface area contributed by atoms with Gasteiger partial charge in [0, 0.05) is 54.3 Å². The average Bonchev–Trinajstić information content (AvgIpc) is 2.90. The maximum absolute atomic E-state index is 13.5. The number of nitrogens with zero attached hydrogens (tertiary/aromatic N) is 3. The van der Waals surface area contributed by atoms with Gasteiger partial charge in [-0.05, 0) is 36.8 Å². The Bertz CT molecular complexity index is 1320. The van der Waals surface area contributed by atoms with Crippen molar-refractivity contribution < 1.29 is 9.90 Å². The van der Waals surface area contributed by atoms with Gasteiger partial charge in [-0.15, -0.1) is 0 Å². The van der Waals surface area contributed by atoms with E-state index in [2.05, 4.69) is 27.3 Å². The summed E-state index contributed by atoms with van der Waals surface area (Å²) in [5.41, 5.74) is 4.05. The number of hydrogen-bond acceptors (Lipinski definition) is 6. The molecule has 2 N–H and O–H groups in total. The highest BCUT2D eigenvalue weighted by Crippen LogP contribution is 2.30. The van der Waals surface area contributed by atoms with Gasteiger partial charge in [0.1, 0.15) is 17.3 Å². The molecule has 1 aliphatic rings. The van der Waals surface area contributed by atoms with Crippen LogP contribution in [0.25, 0.3) is 11.1 Å². The quantitative estimate of drug-likeness (QED) is 0.435. The first kappa shape index (κ1) is 21.8. The van der Waals surface area contributed by atoms with Crippen molar-refractivity contribution in [2.45, 2.75) is 13.0 Å². The Balaban J connectivity index is 1.42. The summed E-state index contributed by atoms with van der Waals surface area (Å²) >= 11 is 0. The summed E-state index contributed by atoms with van der Waals surface area (Å²) in [5, 5.41) is 13.8. The monoisotopic (exact) mass is 450 g/mol. The zero-order chi connectivity index (χ0) is 23.5. The van der Waals surface area contributed by atoms with Crippen LogP contribution in [0.2, 0.25) is 0 Å². The second kappa shape index (κ2) is 9.45. The van der Waals surface area contributed by atoms with Crippen LogP contribution >= 0.6 is 0 Å². The van der Waals surface area contributed by atoms with Gasteiger partial charge in [0.05, 0.1) is 0 Å². The molecule has 1 fully saturated rings. The third-order valence-electron chi connectivity index (χ3n) is 6.21. The predicted octanol–water partition coefficient (Wildman–Crippen LogP) is 4.54. The summed E-state index contributed by atoms with van der Waals surface area (Å²) < 4.78 is 0. The lowest BCUT2D eigenvalue weighted by atomic mass is 10.00. The van der Waals surface area contributed by atoms with E-state index in [9.17, 15) is 9.90 Å². The van der Waals surface area contributed by atoms with Gasteiger partial charge in [-0.3, -0.25) is 9.78 Å². The molecule has 2 aromatic carbocycles. The van der Waals surface area contributed by atoms with Crippen molar-refractivity contribution in [2.75, 3.05) is 24.5 Å². The van der Waals surface area contributed by atoms with Gasteiger partial charge in [-0.1, -0.05) is 54.6 Å². The molecule has 0 bridgehead atoms. The third kappa shape index (κ3) is 4.40. The van der Waals surface area contributed by atoms with Crippen LogP contribution in [0.4, 0.5) is 5.82 Å². The topological polar surface area (TPSA) is 78.4 Å². The second-order valence-corrected chi connectivity index (χ2v) is 8.45. The number of ketones is 1. The molecule has 1 unspecified atom stereocenters. The molecule has 0 amide bonds. The number of carbonyl (C=O) groups excluding carboxylic acids is 1. The molecule has 34 heavy (non-hydrogen) atoms. The van der Waals surface area contributed by atoms with Gasteiger partial charge < -0.3 is 15.3 Å². The molecule has 1 saturated heterocycles. The minimum atomic E-state index is -0.182. The number of anilines is 1. The summed E-state index contributed by atoms with van der Waals surface area (Å²) in [6.45, 7) is 4.24. The lowest BCUT2D eigenvalue weighted by Gasteiger charge is -2.35. The van der Waals surface area contributed by atoms with Crippen LogP contribution in [0.3, 0.4) is 0 Å². The first-order chi connectivity index (χ1) is 16.6. The van der Waals surface area contributed by atoms with E-state index in [-0.39, 0.29) is 17.6 Å². The van der Waals surface area contributed by atoms with E-state index in [1.165, 1.54) is 5.56 Å². The van der Waals surface area contributed by atoms with Crippen LogP contribution in [-0.4, -0.2) is 40.5 Å². The van der Waals surface area contributed by atoms with Crippen LogP contribution < -0.4 is 10.2 Å². The van der Waals surface area contributed by atoms with E-state index in [1.807, 2.05) is 49.4 Å². The normalized spacial score (nSPS) is 15.8. The average molecular weight is 451 g/mol. The number of phenolic OH excluding ortho intramolecular Hbond substituents is 1. The Labute approximate surface area is 198 Å². The van der Waals surface area contributed by atoms with E-state index >= 15 is 0 Å². The SMILES string of the molecule is Cc1ncc(-c2ccccc2O)cc1C(=O)c1cccc(N2CCNC(c3ccccc3)C2)n1. The molecule has 6 nitrogen and oxygen atoms in total. The summed E-state index contributed by atoms with van der Waals surface area (Å²) in [6, 6.07) is 25.0. The van der Waals surface area contributed by atoms with E-state index in [0.717, 1.165) is 25.5 Å². The molecule has 1 aliphatic heterocycles. The van der Waals surface area contributed by atoms with Crippen molar-refractivity contribution in [1.29, 1.82) is 0 Å². The van der Waals surface area contributed by atoms with Gasteiger partial charge in [0.15, 0.2) is 0 Å². The van der Waals surface area contributed by atoms with Crippen LogP contribution in [0.1, 0.15) is 33.4 Å². The molecule has 4 aromatic rings. The largest absolute Gasteiger partial charge is 0.507 e. The number of para-hydroxylation sites is 1. The lowest BCUT2D eigenvalue weighted by molar-refractivity contribution is 0.103. The van der Waals surface area contributed by atoms with E-state index in [1.54, 1.807) is 30.5 Å². The summed E-state index contributed by atoms with van der Waals surface area (Å²) in [5.74, 6) is 0.757. The predicted molar refractivity (Wildman–Crippen MR) is 133 cm³/mol. The first-order valence-electron chi connectivity index (χ1n) is 11.4. The zero-order valence-corrected chi connectivity index (χ0v) is 19.0. The lowest BCUT2D eigenvalue weighted by Crippen LogP contribution is -2.46. The number of phenols is 1. The standard InChI is InChI=1S/C28H26N4O2/c1-19-23(16-21(17-30-19)22-10-5-6-12-26(22)33)28(34)24-11-7-13-27(31-24)32-15-14-29-25(18-32)20-8-3-2-4-9-20/h2-13,16-17,25,29,33H,14-15,18H2,1H3. The molecule has 5 rings (SSSR count). The molecule has 170 valence electrons. The van der Waals surface area contributed by atoms with E-state index in [0.29, 0.717) is 28.1 Å². The molecular formula is C28H26N4O2. The van der Waals surface area contributed by atoms with Crippen LogP contribution in [0, 0.1) is 6.92 Å². The number of benzene rings is 2. The fraction of sp³-hybridized carbons (Fsp3) is 0.179. The zero-order valence-electron chi connectivity index (χ0n) is 19.0. The van der Waals surface area contributed by atoms with Gasteiger partial charge in [0.2, 0.25) is 5.78 Å². The number of nitrogens with one attached hydrogen (secondary N) is 1. The highest BCUT2D eigenvalue weighted by molar-refractivity contribution is 6.09. The van der Waals surface area contributed by atoms with Crippen LogP contribution in [0.5, 0.6) is 5.75 Å². The highest BCUT2D eigenvalue weighted by atomic mass is 16.3. The maximum Gasteiger partial charge on any atom is 0.213 e. The Morgan fingerprint density at radius 3 is 2.65 bits per heavy atom.